The number of para-hydroxylation sites is 1. The second kappa shape index (κ2) is 4.65. The van der Waals surface area contributed by atoms with Crippen molar-refractivity contribution in [1.29, 1.82) is 0 Å². The first-order valence-corrected chi connectivity index (χ1v) is 6.22. The van der Waals surface area contributed by atoms with Crippen molar-refractivity contribution in [3.05, 3.63) is 63.5 Å². The van der Waals surface area contributed by atoms with Crippen molar-refractivity contribution in [3.8, 4) is 11.3 Å². The topological polar surface area (TPSA) is 56.2 Å². The van der Waals surface area contributed by atoms with Gasteiger partial charge in [-0.2, -0.15) is 0 Å². The van der Waals surface area contributed by atoms with Gasteiger partial charge in [0.15, 0.2) is 11.0 Å². The van der Waals surface area contributed by atoms with E-state index >= 15 is 0 Å². The molecule has 5 heteroatoms. The van der Waals surface area contributed by atoms with E-state index in [0.717, 1.165) is 0 Å². The highest BCUT2D eigenvalue weighted by molar-refractivity contribution is 6.34. The molecule has 0 spiro atoms. The highest BCUT2D eigenvalue weighted by atomic mass is 35.5. The van der Waals surface area contributed by atoms with E-state index in [2.05, 4.69) is 0 Å². The minimum Gasteiger partial charge on any atom is -0.454 e. The van der Waals surface area contributed by atoms with Crippen LogP contribution in [0, 0.1) is 5.82 Å². The number of nitrogen functional groups attached to an aromatic ring is 1. The molecule has 3 aromatic rings. The van der Waals surface area contributed by atoms with Crippen LogP contribution in [0.5, 0.6) is 0 Å². The fourth-order valence-corrected chi connectivity index (χ4v) is 2.20. The average Bonchev–Trinajstić information content (AvgIpc) is 2.43. The maximum atomic E-state index is 13.2. The fourth-order valence-electron chi connectivity index (χ4n) is 1.98. The summed E-state index contributed by atoms with van der Waals surface area (Å²) in [5, 5.41) is 0.743. The second-order valence-corrected chi connectivity index (χ2v) is 4.73. The van der Waals surface area contributed by atoms with Gasteiger partial charge in [0.1, 0.15) is 11.6 Å². The number of fused-ring (bicyclic) bond motifs is 1. The molecule has 2 N–H and O–H groups in total. The van der Waals surface area contributed by atoms with Gasteiger partial charge in [0.2, 0.25) is 0 Å². The molecular weight excluding hydrogens is 281 g/mol. The molecule has 0 saturated carbocycles. The molecule has 2 aromatic carbocycles. The van der Waals surface area contributed by atoms with E-state index in [4.69, 9.17) is 21.8 Å². The Morgan fingerprint density at radius 1 is 1.15 bits per heavy atom. The Hall–Kier alpha value is -2.33. The number of benzene rings is 2. The van der Waals surface area contributed by atoms with E-state index in [9.17, 15) is 9.18 Å². The Morgan fingerprint density at radius 2 is 1.95 bits per heavy atom. The summed E-state index contributed by atoms with van der Waals surface area (Å²) >= 11 is 6.03. The van der Waals surface area contributed by atoms with Gasteiger partial charge in [-0.05, 0) is 30.3 Å². The molecule has 0 aliphatic rings. The first-order valence-electron chi connectivity index (χ1n) is 5.84. The van der Waals surface area contributed by atoms with E-state index in [-0.39, 0.29) is 11.1 Å². The van der Waals surface area contributed by atoms with Crippen molar-refractivity contribution in [1.82, 2.24) is 0 Å². The zero-order valence-electron chi connectivity index (χ0n) is 10.2. The Labute approximate surface area is 118 Å². The van der Waals surface area contributed by atoms with Gasteiger partial charge < -0.3 is 10.2 Å². The van der Waals surface area contributed by atoms with Crippen molar-refractivity contribution in [2.45, 2.75) is 0 Å². The summed E-state index contributed by atoms with van der Waals surface area (Å²) in [6.45, 7) is 0. The van der Waals surface area contributed by atoms with Crippen LogP contribution in [0.25, 0.3) is 22.3 Å². The molecule has 0 fully saturated rings. The molecule has 0 radical (unpaired) electrons. The van der Waals surface area contributed by atoms with Crippen LogP contribution < -0.4 is 11.2 Å². The molecule has 3 nitrogen and oxygen atoms in total. The SMILES string of the molecule is Nc1cc(-c2cc(=O)c3cccc(Cl)c3o2)ccc1F. The number of rotatable bonds is 1. The largest absolute Gasteiger partial charge is 0.454 e. The lowest BCUT2D eigenvalue weighted by Gasteiger charge is -2.05. The van der Waals surface area contributed by atoms with Crippen LogP contribution >= 0.6 is 11.6 Å². The van der Waals surface area contributed by atoms with Crippen molar-refractivity contribution in [2.75, 3.05) is 5.73 Å². The molecule has 0 unspecified atom stereocenters. The molecule has 100 valence electrons. The number of halogens is 2. The zero-order chi connectivity index (χ0) is 14.3. The summed E-state index contributed by atoms with van der Waals surface area (Å²) in [6.07, 6.45) is 0. The quantitative estimate of drug-likeness (QED) is 0.693. The predicted molar refractivity (Wildman–Crippen MR) is 77.3 cm³/mol. The summed E-state index contributed by atoms with van der Waals surface area (Å²) in [5.41, 5.74) is 6.11. The number of hydrogen-bond donors (Lipinski definition) is 1. The lowest BCUT2D eigenvalue weighted by molar-refractivity contribution is 0.617. The second-order valence-electron chi connectivity index (χ2n) is 4.33. The third-order valence-corrected chi connectivity index (χ3v) is 3.28. The minimum atomic E-state index is -0.519. The molecule has 20 heavy (non-hydrogen) atoms. The van der Waals surface area contributed by atoms with Gasteiger partial charge in [0.05, 0.1) is 16.1 Å². The minimum absolute atomic E-state index is 0.00981. The van der Waals surface area contributed by atoms with Crippen LogP contribution in [0.4, 0.5) is 10.1 Å². The van der Waals surface area contributed by atoms with Gasteiger partial charge >= 0.3 is 0 Å². The Kier molecular flexibility index (Phi) is 2.95. The maximum absolute atomic E-state index is 13.2. The number of anilines is 1. The number of nitrogens with two attached hydrogens (primary N) is 1. The van der Waals surface area contributed by atoms with Gasteiger partial charge in [-0.15, -0.1) is 0 Å². The predicted octanol–water partition coefficient (Wildman–Crippen LogP) is 3.83. The summed E-state index contributed by atoms with van der Waals surface area (Å²) < 4.78 is 18.8. The smallest absolute Gasteiger partial charge is 0.193 e. The zero-order valence-corrected chi connectivity index (χ0v) is 10.9. The highest BCUT2D eigenvalue weighted by Crippen LogP contribution is 2.28. The molecule has 0 amide bonds. The average molecular weight is 290 g/mol. The van der Waals surface area contributed by atoms with Gasteiger partial charge in [0, 0.05) is 11.6 Å². The van der Waals surface area contributed by atoms with E-state index in [1.54, 1.807) is 18.2 Å². The van der Waals surface area contributed by atoms with Crippen molar-refractivity contribution >= 4 is 28.3 Å². The van der Waals surface area contributed by atoms with E-state index in [0.29, 0.717) is 27.3 Å². The van der Waals surface area contributed by atoms with Crippen molar-refractivity contribution < 1.29 is 8.81 Å². The molecule has 0 aliphatic heterocycles. The van der Waals surface area contributed by atoms with Crippen molar-refractivity contribution in [2.24, 2.45) is 0 Å². The lowest BCUT2D eigenvalue weighted by atomic mass is 10.1. The third kappa shape index (κ3) is 2.04. The Morgan fingerprint density at radius 3 is 2.70 bits per heavy atom. The van der Waals surface area contributed by atoms with Crippen LogP contribution in [0.1, 0.15) is 0 Å². The van der Waals surface area contributed by atoms with Gasteiger partial charge in [-0.1, -0.05) is 17.7 Å². The van der Waals surface area contributed by atoms with E-state index in [1.165, 1.54) is 24.3 Å². The molecule has 3 rings (SSSR count). The number of hydrogen-bond acceptors (Lipinski definition) is 3. The molecular formula is C15H9ClFNO2. The van der Waals surface area contributed by atoms with Crippen LogP contribution in [0.2, 0.25) is 5.02 Å². The summed E-state index contributed by atoms with van der Waals surface area (Å²) in [6, 6.07) is 10.4. The van der Waals surface area contributed by atoms with Crippen molar-refractivity contribution in [3.63, 3.8) is 0 Å². The molecule has 0 aliphatic carbocycles. The standard InChI is InChI=1S/C15H9ClFNO2/c16-10-3-1-2-9-13(19)7-14(20-15(9)10)8-4-5-11(17)12(18)6-8/h1-7H,18H2. The van der Waals surface area contributed by atoms with Gasteiger partial charge in [0.25, 0.3) is 0 Å². The van der Waals surface area contributed by atoms with Gasteiger partial charge in [-0.3, -0.25) is 4.79 Å². The maximum Gasteiger partial charge on any atom is 0.193 e. The van der Waals surface area contributed by atoms with Gasteiger partial charge in [-0.25, -0.2) is 4.39 Å². The lowest BCUT2D eigenvalue weighted by Crippen LogP contribution is -2.00. The van der Waals surface area contributed by atoms with E-state index < -0.39 is 5.82 Å². The Bertz CT molecular complexity index is 873. The molecule has 0 saturated heterocycles. The first kappa shape index (κ1) is 12.7. The summed E-state index contributed by atoms with van der Waals surface area (Å²) in [5.74, 6) is -0.225. The van der Waals surface area contributed by atoms with Crippen LogP contribution in [-0.4, -0.2) is 0 Å². The third-order valence-electron chi connectivity index (χ3n) is 2.99. The monoisotopic (exact) mass is 289 g/mol. The summed E-state index contributed by atoms with van der Waals surface area (Å²) in [4.78, 5) is 12.1. The van der Waals surface area contributed by atoms with Crippen LogP contribution in [-0.2, 0) is 0 Å². The summed E-state index contributed by atoms with van der Waals surface area (Å²) in [7, 11) is 0. The van der Waals surface area contributed by atoms with E-state index in [1.807, 2.05) is 0 Å². The highest BCUT2D eigenvalue weighted by Gasteiger charge is 2.10. The first-order chi connectivity index (χ1) is 9.56. The molecule has 1 heterocycles. The molecule has 0 atom stereocenters. The molecule has 0 bridgehead atoms. The Balaban J connectivity index is 2.29. The normalized spacial score (nSPS) is 10.9. The van der Waals surface area contributed by atoms with Crippen LogP contribution in [0.3, 0.4) is 0 Å². The van der Waals surface area contributed by atoms with Crippen LogP contribution in [0.15, 0.2) is 51.7 Å². The fraction of sp³-hybridized carbons (Fsp3) is 0. The molecule has 1 aromatic heterocycles.